The lowest BCUT2D eigenvalue weighted by atomic mass is 9.99. The van der Waals surface area contributed by atoms with Gasteiger partial charge >= 0.3 is 0 Å². The number of ether oxygens (including phenoxy) is 2. The van der Waals surface area contributed by atoms with Crippen LogP contribution in [0.5, 0.6) is 0 Å². The average molecular weight is 469 g/mol. The quantitative estimate of drug-likeness (QED) is 0.288. The van der Waals surface area contributed by atoms with E-state index < -0.39 is 36.6 Å². The van der Waals surface area contributed by atoms with Gasteiger partial charge in [-0.05, 0) is 40.6 Å². The van der Waals surface area contributed by atoms with Crippen LogP contribution in [0.4, 0.5) is 5.69 Å². The molecule has 10 nitrogen and oxygen atoms in total. The van der Waals surface area contributed by atoms with Gasteiger partial charge in [-0.3, -0.25) is 4.79 Å². The van der Waals surface area contributed by atoms with Crippen molar-refractivity contribution >= 4 is 28.4 Å². The summed E-state index contributed by atoms with van der Waals surface area (Å²) in [5.41, 5.74) is 1.63. The molecule has 2 aliphatic heterocycles. The summed E-state index contributed by atoms with van der Waals surface area (Å²) in [4.78, 5) is 14.8. The minimum absolute atomic E-state index is 0.157. The fraction of sp³-hybridized carbons (Fsp3) is 0.417. The number of aliphatic hydroxyl groups is 4. The maximum atomic E-state index is 12.5. The maximum Gasteiger partial charge on any atom is 0.262 e. The van der Waals surface area contributed by atoms with E-state index in [9.17, 15) is 30.5 Å². The summed E-state index contributed by atoms with van der Waals surface area (Å²) in [5, 5.41) is 52.8. The van der Waals surface area contributed by atoms with Crippen LogP contribution in [0.1, 0.15) is 5.56 Å². The van der Waals surface area contributed by atoms with Crippen molar-refractivity contribution in [3.8, 4) is 6.07 Å². The molecule has 0 aromatic heterocycles. The SMILES string of the molecule is N#CC(=Cc1ccc2cc(N3CCOCC3)ccc2c1)C(=O)NCC1OC(O)C(O)C(O)C1O. The maximum absolute atomic E-state index is 12.5. The third-order valence-corrected chi connectivity index (χ3v) is 6.05. The van der Waals surface area contributed by atoms with E-state index in [1.54, 1.807) is 0 Å². The number of hydrogen-bond donors (Lipinski definition) is 5. The molecule has 2 aromatic rings. The number of nitrogens with one attached hydrogen (secondary N) is 1. The van der Waals surface area contributed by atoms with Crippen LogP contribution in [-0.4, -0.2) is 89.9 Å². The molecule has 2 aromatic carbocycles. The number of amides is 1. The highest BCUT2D eigenvalue weighted by atomic mass is 16.6. The minimum atomic E-state index is -1.70. The highest BCUT2D eigenvalue weighted by Gasteiger charge is 2.42. The number of fused-ring (bicyclic) bond motifs is 1. The molecular weight excluding hydrogens is 442 g/mol. The lowest BCUT2D eigenvalue weighted by Gasteiger charge is -2.38. The van der Waals surface area contributed by atoms with E-state index in [0.29, 0.717) is 18.8 Å². The Hall–Kier alpha value is -3.04. The van der Waals surface area contributed by atoms with E-state index >= 15 is 0 Å². The molecule has 0 aliphatic carbocycles. The molecule has 0 radical (unpaired) electrons. The van der Waals surface area contributed by atoms with Crippen molar-refractivity contribution in [2.45, 2.75) is 30.7 Å². The zero-order valence-electron chi connectivity index (χ0n) is 18.4. The molecule has 0 saturated carbocycles. The van der Waals surface area contributed by atoms with Crippen LogP contribution >= 0.6 is 0 Å². The molecule has 0 spiro atoms. The molecule has 5 unspecified atom stereocenters. The number of carbonyl (C=O) groups excluding carboxylic acids is 1. The standard InChI is InChI=1S/C24H27N3O7/c25-12-17(23(31)26-13-19-20(28)21(29)22(30)24(32)34-19)10-14-1-2-16-11-18(4-3-15(16)9-14)27-5-7-33-8-6-27/h1-4,9-11,19-22,24,28-30,32H,5-8,13H2,(H,26,31). The van der Waals surface area contributed by atoms with Gasteiger partial charge in [0, 0.05) is 25.3 Å². The first-order valence-corrected chi connectivity index (χ1v) is 11.0. The number of nitriles is 1. The zero-order valence-corrected chi connectivity index (χ0v) is 18.4. The van der Waals surface area contributed by atoms with Gasteiger partial charge in [0.05, 0.1) is 13.2 Å². The van der Waals surface area contributed by atoms with E-state index in [2.05, 4.69) is 16.3 Å². The van der Waals surface area contributed by atoms with Crippen LogP contribution in [0, 0.1) is 11.3 Å². The Labute approximate surface area is 196 Å². The number of carbonyl (C=O) groups is 1. The van der Waals surface area contributed by atoms with E-state index in [1.807, 2.05) is 36.4 Å². The molecule has 34 heavy (non-hydrogen) atoms. The predicted octanol–water partition coefficient (Wildman–Crippen LogP) is -0.501. The summed E-state index contributed by atoms with van der Waals surface area (Å²) in [7, 11) is 0. The van der Waals surface area contributed by atoms with Crippen LogP contribution in [0.2, 0.25) is 0 Å². The number of nitrogens with zero attached hydrogens (tertiary/aromatic N) is 2. The van der Waals surface area contributed by atoms with Crippen LogP contribution in [0.3, 0.4) is 0 Å². The van der Waals surface area contributed by atoms with Gasteiger partial charge in [0.2, 0.25) is 0 Å². The van der Waals surface area contributed by atoms with Crippen LogP contribution in [0.25, 0.3) is 16.8 Å². The van der Waals surface area contributed by atoms with E-state index in [0.717, 1.165) is 29.5 Å². The molecule has 2 fully saturated rings. The van der Waals surface area contributed by atoms with Crippen molar-refractivity contribution in [3.05, 3.63) is 47.5 Å². The molecule has 2 saturated heterocycles. The van der Waals surface area contributed by atoms with Crippen molar-refractivity contribution in [1.29, 1.82) is 5.26 Å². The molecule has 5 atom stereocenters. The molecule has 1 amide bonds. The monoisotopic (exact) mass is 469 g/mol. The van der Waals surface area contributed by atoms with Crippen molar-refractivity contribution in [1.82, 2.24) is 5.32 Å². The van der Waals surface area contributed by atoms with Crippen LogP contribution in [0.15, 0.2) is 42.0 Å². The number of morpholine rings is 1. The fourth-order valence-electron chi connectivity index (χ4n) is 4.06. The Bertz CT molecular complexity index is 1110. The van der Waals surface area contributed by atoms with E-state index in [4.69, 9.17) is 9.47 Å². The Balaban J connectivity index is 1.44. The molecule has 5 N–H and O–H groups in total. The molecule has 4 rings (SSSR count). The topological polar surface area (TPSA) is 156 Å². The number of hydrogen-bond acceptors (Lipinski definition) is 9. The normalized spacial score (nSPS) is 27.9. The molecule has 180 valence electrons. The summed E-state index contributed by atoms with van der Waals surface area (Å²) in [5.74, 6) is -0.698. The van der Waals surface area contributed by atoms with Gasteiger partial charge < -0.3 is 40.1 Å². The van der Waals surface area contributed by atoms with Crippen molar-refractivity contribution in [2.24, 2.45) is 0 Å². The Morgan fingerprint density at radius 2 is 1.76 bits per heavy atom. The van der Waals surface area contributed by atoms with Gasteiger partial charge in [0.15, 0.2) is 6.29 Å². The third kappa shape index (κ3) is 5.20. The Kier molecular flexibility index (Phi) is 7.43. The second kappa shape index (κ2) is 10.5. The van der Waals surface area contributed by atoms with Crippen molar-refractivity contribution < 1.29 is 34.7 Å². The van der Waals surface area contributed by atoms with E-state index in [1.165, 1.54) is 6.08 Å². The Morgan fingerprint density at radius 3 is 2.50 bits per heavy atom. The van der Waals surface area contributed by atoms with Gasteiger partial charge in [0.1, 0.15) is 36.1 Å². The summed E-state index contributed by atoms with van der Waals surface area (Å²) in [6.07, 6.45) is -6.20. The minimum Gasteiger partial charge on any atom is -0.388 e. The summed E-state index contributed by atoms with van der Waals surface area (Å²) < 4.78 is 10.4. The molecule has 10 heteroatoms. The highest BCUT2D eigenvalue weighted by molar-refractivity contribution is 6.02. The highest BCUT2D eigenvalue weighted by Crippen LogP contribution is 2.25. The lowest BCUT2D eigenvalue weighted by molar-refractivity contribution is -0.280. The Morgan fingerprint density at radius 1 is 1.06 bits per heavy atom. The fourth-order valence-corrected chi connectivity index (χ4v) is 4.06. The van der Waals surface area contributed by atoms with Gasteiger partial charge in [-0.1, -0.05) is 18.2 Å². The first kappa shape index (κ1) is 24.1. The second-order valence-corrected chi connectivity index (χ2v) is 8.31. The predicted molar refractivity (Wildman–Crippen MR) is 122 cm³/mol. The van der Waals surface area contributed by atoms with Crippen LogP contribution < -0.4 is 10.2 Å². The average Bonchev–Trinajstić information content (AvgIpc) is 2.87. The van der Waals surface area contributed by atoms with Crippen molar-refractivity contribution in [2.75, 3.05) is 37.7 Å². The first-order valence-electron chi connectivity index (χ1n) is 11.0. The molecular formula is C24H27N3O7. The number of aliphatic hydroxyl groups excluding tert-OH is 4. The second-order valence-electron chi connectivity index (χ2n) is 8.31. The van der Waals surface area contributed by atoms with E-state index in [-0.39, 0.29) is 12.1 Å². The van der Waals surface area contributed by atoms with Gasteiger partial charge in [0.25, 0.3) is 5.91 Å². The summed E-state index contributed by atoms with van der Waals surface area (Å²) >= 11 is 0. The first-order chi connectivity index (χ1) is 16.4. The largest absolute Gasteiger partial charge is 0.388 e. The molecule has 2 heterocycles. The number of benzene rings is 2. The lowest BCUT2D eigenvalue weighted by Crippen LogP contribution is -2.60. The smallest absolute Gasteiger partial charge is 0.262 e. The summed E-state index contributed by atoms with van der Waals surface area (Å²) in [6.45, 7) is 2.82. The molecule has 2 aliphatic rings. The van der Waals surface area contributed by atoms with Gasteiger partial charge in [-0.2, -0.15) is 5.26 Å². The van der Waals surface area contributed by atoms with Gasteiger partial charge in [-0.15, -0.1) is 0 Å². The number of rotatable bonds is 5. The van der Waals surface area contributed by atoms with Crippen LogP contribution in [-0.2, 0) is 14.3 Å². The third-order valence-electron chi connectivity index (χ3n) is 6.05. The van der Waals surface area contributed by atoms with Crippen molar-refractivity contribution in [3.63, 3.8) is 0 Å². The number of anilines is 1. The zero-order chi connectivity index (χ0) is 24.2. The summed E-state index contributed by atoms with van der Waals surface area (Å²) in [6, 6.07) is 13.6. The van der Waals surface area contributed by atoms with Gasteiger partial charge in [-0.25, -0.2) is 0 Å². The molecule has 0 bridgehead atoms.